The fourth-order valence-electron chi connectivity index (χ4n) is 2.70. The first-order valence-corrected chi connectivity index (χ1v) is 7.59. The van der Waals surface area contributed by atoms with Gasteiger partial charge >= 0.3 is 6.09 Å². The Morgan fingerprint density at radius 2 is 1.91 bits per heavy atom. The van der Waals surface area contributed by atoms with E-state index >= 15 is 0 Å². The molecule has 1 aliphatic rings. The van der Waals surface area contributed by atoms with E-state index in [0.717, 1.165) is 24.8 Å². The maximum absolute atomic E-state index is 12.4. The van der Waals surface area contributed by atoms with Crippen molar-refractivity contribution in [1.82, 2.24) is 14.9 Å². The summed E-state index contributed by atoms with van der Waals surface area (Å²) in [7, 11) is 0. The van der Waals surface area contributed by atoms with Crippen molar-refractivity contribution in [2.24, 2.45) is 0 Å². The van der Waals surface area contributed by atoms with Crippen molar-refractivity contribution in [2.75, 3.05) is 6.54 Å². The average molecular weight is 297 g/mol. The van der Waals surface area contributed by atoms with Crippen molar-refractivity contribution in [2.45, 2.75) is 31.9 Å². The van der Waals surface area contributed by atoms with Crippen LogP contribution in [0.5, 0.6) is 0 Å². The van der Waals surface area contributed by atoms with Gasteiger partial charge in [0.25, 0.3) is 0 Å². The lowest BCUT2D eigenvalue weighted by Crippen LogP contribution is -2.39. The van der Waals surface area contributed by atoms with Crippen molar-refractivity contribution in [3.05, 3.63) is 60.2 Å². The van der Waals surface area contributed by atoms with Crippen LogP contribution < -0.4 is 0 Å². The summed E-state index contributed by atoms with van der Waals surface area (Å²) >= 11 is 0. The largest absolute Gasteiger partial charge is 0.445 e. The van der Waals surface area contributed by atoms with E-state index in [1.807, 2.05) is 30.3 Å². The Hall–Kier alpha value is -2.43. The fraction of sp³-hybridized carbons (Fsp3) is 0.353. The molecule has 0 radical (unpaired) electrons. The lowest BCUT2D eigenvalue weighted by atomic mass is 10.0. The minimum atomic E-state index is -0.291. The average Bonchev–Trinajstić information content (AvgIpc) is 2.61. The van der Waals surface area contributed by atoms with Crippen LogP contribution in [0.25, 0.3) is 0 Å². The second-order valence-corrected chi connectivity index (χ2v) is 5.35. The molecule has 1 aromatic carbocycles. The summed E-state index contributed by atoms with van der Waals surface area (Å²) in [6, 6.07) is 11.4. The number of hydrogen-bond donors (Lipinski definition) is 0. The number of carbonyl (C=O) groups is 1. The van der Waals surface area contributed by atoms with Gasteiger partial charge in [-0.3, -0.25) is 4.90 Å². The maximum atomic E-state index is 12.4. The van der Waals surface area contributed by atoms with Crippen LogP contribution in [0, 0.1) is 0 Å². The molecule has 5 heteroatoms. The lowest BCUT2D eigenvalue weighted by molar-refractivity contribution is 0.0658. The van der Waals surface area contributed by atoms with Gasteiger partial charge in [-0.25, -0.2) is 14.8 Å². The Balaban J connectivity index is 1.66. The van der Waals surface area contributed by atoms with Crippen molar-refractivity contribution in [3.63, 3.8) is 0 Å². The van der Waals surface area contributed by atoms with Crippen LogP contribution in [-0.2, 0) is 11.3 Å². The van der Waals surface area contributed by atoms with Crippen LogP contribution in [0.4, 0.5) is 4.79 Å². The van der Waals surface area contributed by atoms with Crippen LogP contribution in [0.3, 0.4) is 0 Å². The number of carbonyl (C=O) groups excluding carboxylic acids is 1. The molecule has 1 fully saturated rings. The van der Waals surface area contributed by atoms with Crippen molar-refractivity contribution in [3.8, 4) is 0 Å². The Bertz CT molecular complexity index is 604. The van der Waals surface area contributed by atoms with Crippen molar-refractivity contribution < 1.29 is 9.53 Å². The van der Waals surface area contributed by atoms with E-state index in [0.29, 0.717) is 19.0 Å². The molecule has 0 saturated carbocycles. The number of benzene rings is 1. The molecule has 1 aliphatic heterocycles. The number of piperidine rings is 1. The van der Waals surface area contributed by atoms with E-state index in [2.05, 4.69) is 9.97 Å². The third-order valence-electron chi connectivity index (χ3n) is 3.83. The Morgan fingerprint density at radius 1 is 1.14 bits per heavy atom. The van der Waals surface area contributed by atoms with Gasteiger partial charge in [-0.1, -0.05) is 30.3 Å². The molecule has 5 nitrogen and oxygen atoms in total. The number of ether oxygens (including phenoxy) is 1. The summed E-state index contributed by atoms with van der Waals surface area (Å²) < 4.78 is 5.45. The molecule has 1 atom stereocenters. The first-order chi connectivity index (χ1) is 10.8. The highest BCUT2D eigenvalue weighted by Gasteiger charge is 2.30. The molecule has 1 aromatic heterocycles. The Morgan fingerprint density at radius 3 is 2.68 bits per heavy atom. The van der Waals surface area contributed by atoms with Crippen molar-refractivity contribution >= 4 is 6.09 Å². The van der Waals surface area contributed by atoms with Crippen LogP contribution in [-0.4, -0.2) is 27.5 Å². The quantitative estimate of drug-likeness (QED) is 0.872. The van der Waals surface area contributed by atoms with Crippen LogP contribution in [0.1, 0.15) is 36.7 Å². The third kappa shape index (κ3) is 3.42. The molecule has 3 rings (SSSR count). The smallest absolute Gasteiger partial charge is 0.410 e. The number of likely N-dealkylation sites (tertiary alicyclic amines) is 1. The first-order valence-electron chi connectivity index (χ1n) is 7.59. The molecule has 1 unspecified atom stereocenters. The zero-order valence-corrected chi connectivity index (χ0v) is 12.4. The summed E-state index contributed by atoms with van der Waals surface area (Å²) in [6.07, 6.45) is 6.08. The standard InChI is InChI=1S/C17H19N3O2/c21-17(22-13-14-7-2-1-3-8-14)20-12-5-4-9-15(20)16-18-10-6-11-19-16/h1-3,6-8,10-11,15H,4-5,9,12-13H2. The van der Waals surface area contributed by atoms with Crippen LogP contribution >= 0.6 is 0 Å². The van der Waals surface area contributed by atoms with Gasteiger partial charge in [-0.05, 0) is 30.9 Å². The molecule has 1 saturated heterocycles. The van der Waals surface area contributed by atoms with Gasteiger partial charge in [0.05, 0.1) is 6.04 Å². The molecule has 1 amide bonds. The molecule has 114 valence electrons. The van der Waals surface area contributed by atoms with E-state index in [1.165, 1.54) is 0 Å². The molecular weight excluding hydrogens is 278 g/mol. The predicted octanol–water partition coefficient (Wildman–Crippen LogP) is 3.34. The van der Waals surface area contributed by atoms with E-state index in [4.69, 9.17) is 4.74 Å². The summed E-state index contributed by atoms with van der Waals surface area (Å²) in [5, 5.41) is 0. The van der Waals surface area contributed by atoms with Gasteiger partial charge in [-0.15, -0.1) is 0 Å². The second kappa shape index (κ2) is 7.02. The molecule has 2 aromatic rings. The van der Waals surface area contributed by atoms with Crippen molar-refractivity contribution in [1.29, 1.82) is 0 Å². The highest BCUT2D eigenvalue weighted by atomic mass is 16.6. The minimum absolute atomic E-state index is 0.0850. The molecule has 0 N–H and O–H groups in total. The molecule has 2 heterocycles. The summed E-state index contributed by atoms with van der Waals surface area (Å²) in [6.45, 7) is 0.981. The van der Waals surface area contributed by atoms with Gasteiger partial charge in [0.1, 0.15) is 6.61 Å². The van der Waals surface area contributed by atoms with Gasteiger partial charge in [0.2, 0.25) is 0 Å². The van der Waals surface area contributed by atoms with Gasteiger partial charge < -0.3 is 4.74 Å². The first kappa shape index (κ1) is 14.5. The lowest BCUT2D eigenvalue weighted by Gasteiger charge is -2.33. The van der Waals surface area contributed by atoms with Gasteiger partial charge in [0.15, 0.2) is 5.82 Å². The predicted molar refractivity (Wildman–Crippen MR) is 82.0 cm³/mol. The van der Waals surface area contributed by atoms with Gasteiger partial charge in [0, 0.05) is 18.9 Å². The normalized spacial score (nSPS) is 18.0. The van der Waals surface area contributed by atoms with Crippen LogP contribution in [0.2, 0.25) is 0 Å². The number of nitrogens with zero attached hydrogens (tertiary/aromatic N) is 3. The molecule has 22 heavy (non-hydrogen) atoms. The summed E-state index contributed by atoms with van der Waals surface area (Å²) in [5.74, 6) is 0.693. The summed E-state index contributed by atoms with van der Waals surface area (Å²) in [4.78, 5) is 22.7. The third-order valence-corrected chi connectivity index (χ3v) is 3.83. The zero-order valence-electron chi connectivity index (χ0n) is 12.4. The molecule has 0 aliphatic carbocycles. The minimum Gasteiger partial charge on any atom is -0.445 e. The molecule has 0 spiro atoms. The fourth-order valence-corrected chi connectivity index (χ4v) is 2.70. The molecule has 0 bridgehead atoms. The number of aromatic nitrogens is 2. The number of amides is 1. The van der Waals surface area contributed by atoms with Gasteiger partial charge in [-0.2, -0.15) is 0 Å². The second-order valence-electron chi connectivity index (χ2n) is 5.35. The Labute approximate surface area is 130 Å². The Kier molecular flexibility index (Phi) is 4.63. The SMILES string of the molecule is O=C(OCc1ccccc1)N1CCCCC1c1ncccn1. The van der Waals surface area contributed by atoms with E-state index in [9.17, 15) is 4.79 Å². The summed E-state index contributed by atoms with van der Waals surface area (Å²) in [5.41, 5.74) is 0.986. The zero-order chi connectivity index (χ0) is 15.2. The maximum Gasteiger partial charge on any atom is 0.410 e. The van der Waals surface area contributed by atoms with E-state index in [-0.39, 0.29) is 12.1 Å². The topological polar surface area (TPSA) is 55.3 Å². The van der Waals surface area contributed by atoms with Crippen LogP contribution in [0.15, 0.2) is 48.8 Å². The number of hydrogen-bond acceptors (Lipinski definition) is 4. The van der Waals surface area contributed by atoms with E-state index in [1.54, 1.807) is 23.4 Å². The van der Waals surface area contributed by atoms with E-state index < -0.39 is 0 Å². The number of rotatable bonds is 3. The highest BCUT2D eigenvalue weighted by molar-refractivity contribution is 5.68. The monoisotopic (exact) mass is 297 g/mol. The highest BCUT2D eigenvalue weighted by Crippen LogP contribution is 2.29. The molecular formula is C17H19N3O2.